The lowest BCUT2D eigenvalue weighted by Gasteiger charge is -2.36. The molecule has 0 aliphatic rings. The molecule has 0 fully saturated rings. The van der Waals surface area contributed by atoms with E-state index in [1.54, 1.807) is 4.74 Å². The molecule has 0 unspecified atom stereocenters. The van der Waals surface area contributed by atoms with E-state index in [4.69, 9.17) is 0 Å². The van der Waals surface area contributed by atoms with Crippen molar-refractivity contribution in [1.29, 1.82) is 0 Å². The molecule has 0 amide bonds. The SMILES string of the molecule is CCOC(=O)C(F)(F)C(F)(F)C(F)(F)C(F)(F)OC(F)(F)C(F)(F)I. The first-order valence-corrected chi connectivity index (χ1v) is 6.60. The summed E-state index contributed by atoms with van der Waals surface area (Å²) in [6, 6.07) is 0. The van der Waals surface area contributed by atoms with Crippen LogP contribution in [0.2, 0.25) is 0 Å². The maximum Gasteiger partial charge on any atom is 0.433 e. The first kappa shape index (κ1) is 24.3. The van der Waals surface area contributed by atoms with E-state index < -0.39 is 69.1 Å². The molecule has 0 saturated carbocycles. The summed E-state index contributed by atoms with van der Waals surface area (Å²) in [4.78, 5) is 10.6. The van der Waals surface area contributed by atoms with Gasteiger partial charge in [0.15, 0.2) is 0 Å². The summed E-state index contributed by atoms with van der Waals surface area (Å²) < 4.78 is 154. The summed E-state index contributed by atoms with van der Waals surface area (Å²) in [5.74, 6) is -24.9. The molecule has 0 aliphatic carbocycles. The molecule has 150 valence electrons. The molecule has 0 rings (SSSR count). The maximum atomic E-state index is 13.1. The number of hydrogen-bond acceptors (Lipinski definition) is 3. The molecule has 0 heterocycles. The van der Waals surface area contributed by atoms with Crippen LogP contribution in [0.3, 0.4) is 0 Å². The Bertz CT molecular complexity index is 501. The van der Waals surface area contributed by atoms with Crippen LogP contribution in [0.4, 0.5) is 52.7 Å². The molecule has 0 radical (unpaired) electrons. The fraction of sp³-hybridized carbons (Fsp3) is 0.889. The molecule has 0 aromatic rings. The topological polar surface area (TPSA) is 35.5 Å². The largest absolute Gasteiger partial charge is 0.461 e. The molecule has 0 aromatic heterocycles. The number of esters is 1. The summed E-state index contributed by atoms with van der Waals surface area (Å²) in [7, 11) is 0. The average Bonchev–Trinajstić information content (AvgIpc) is 2.35. The first-order valence-electron chi connectivity index (χ1n) is 5.52. The first-order chi connectivity index (χ1) is 10.7. The van der Waals surface area contributed by atoms with Crippen LogP contribution < -0.4 is 0 Å². The Morgan fingerprint density at radius 1 is 0.800 bits per heavy atom. The molecule has 25 heavy (non-hydrogen) atoms. The number of hydrogen-bond donors (Lipinski definition) is 0. The fourth-order valence-electron chi connectivity index (χ4n) is 1.01. The van der Waals surface area contributed by atoms with Crippen LogP contribution >= 0.6 is 22.6 Å². The zero-order chi connectivity index (χ0) is 20.7. The number of alkyl halides is 13. The normalized spacial score (nSPS) is 15.3. The number of carbonyl (C=O) groups is 1. The van der Waals surface area contributed by atoms with Gasteiger partial charge in [-0.05, 0) is 6.92 Å². The second kappa shape index (κ2) is 6.80. The number of ether oxygens (including phenoxy) is 2. The third-order valence-corrected chi connectivity index (χ3v) is 2.90. The molecular formula is C9H5F12IO3. The summed E-state index contributed by atoms with van der Waals surface area (Å²) in [5, 5.41) is 0. The van der Waals surface area contributed by atoms with Gasteiger partial charge in [-0.1, -0.05) is 0 Å². The summed E-state index contributed by atoms with van der Waals surface area (Å²) >= 11 is -0.550. The average molecular weight is 516 g/mol. The molecule has 0 atom stereocenters. The number of rotatable bonds is 8. The van der Waals surface area contributed by atoms with Crippen LogP contribution in [0.15, 0.2) is 0 Å². The molecule has 0 spiro atoms. The molecule has 3 nitrogen and oxygen atoms in total. The Hall–Kier alpha value is -0.680. The number of halogens is 13. The van der Waals surface area contributed by atoms with Gasteiger partial charge in [0.25, 0.3) is 0 Å². The van der Waals surface area contributed by atoms with E-state index in [1.807, 2.05) is 0 Å². The van der Waals surface area contributed by atoms with Crippen LogP contribution in [0.25, 0.3) is 0 Å². The lowest BCUT2D eigenvalue weighted by molar-refractivity contribution is -0.483. The van der Waals surface area contributed by atoms with E-state index in [0.717, 1.165) is 6.92 Å². The van der Waals surface area contributed by atoms with Gasteiger partial charge in [0, 0.05) is 22.6 Å². The minimum absolute atomic E-state index is 0.550. The third-order valence-electron chi connectivity index (χ3n) is 2.27. The highest BCUT2D eigenvalue weighted by molar-refractivity contribution is 14.1. The van der Waals surface area contributed by atoms with Crippen LogP contribution in [0.5, 0.6) is 0 Å². The van der Waals surface area contributed by atoms with Crippen molar-refractivity contribution in [3.63, 3.8) is 0 Å². The maximum absolute atomic E-state index is 13.1. The zero-order valence-electron chi connectivity index (χ0n) is 11.3. The highest BCUT2D eigenvalue weighted by Crippen LogP contribution is 2.56. The zero-order valence-corrected chi connectivity index (χ0v) is 13.5. The lowest BCUT2D eigenvalue weighted by Crippen LogP contribution is -2.66. The van der Waals surface area contributed by atoms with Gasteiger partial charge in [-0.3, -0.25) is 0 Å². The van der Waals surface area contributed by atoms with Crippen molar-refractivity contribution in [2.45, 2.75) is 40.8 Å². The van der Waals surface area contributed by atoms with E-state index in [1.165, 1.54) is 0 Å². The Balaban J connectivity index is 5.97. The Kier molecular flexibility index (Phi) is 6.62. The van der Waals surface area contributed by atoms with Crippen molar-refractivity contribution >= 4 is 28.6 Å². The monoisotopic (exact) mass is 516 g/mol. The van der Waals surface area contributed by atoms with E-state index >= 15 is 0 Å². The Morgan fingerprint density at radius 3 is 1.52 bits per heavy atom. The summed E-state index contributed by atoms with van der Waals surface area (Å²) in [5.41, 5.74) is 0. The van der Waals surface area contributed by atoms with Crippen molar-refractivity contribution in [3.05, 3.63) is 0 Å². The molecular weight excluding hydrogens is 511 g/mol. The lowest BCUT2D eigenvalue weighted by atomic mass is 10.0. The predicted octanol–water partition coefficient (Wildman–Crippen LogP) is 4.69. The smallest absolute Gasteiger partial charge is 0.433 e. The molecule has 0 N–H and O–H groups in total. The summed E-state index contributed by atoms with van der Waals surface area (Å²) in [6.45, 7) is -0.312. The van der Waals surface area contributed by atoms with Gasteiger partial charge in [-0.2, -0.15) is 52.7 Å². The minimum Gasteiger partial charge on any atom is -0.461 e. The van der Waals surface area contributed by atoms with E-state index in [9.17, 15) is 57.5 Å². The second-order valence-corrected chi connectivity index (χ2v) is 5.43. The quantitative estimate of drug-likeness (QED) is 0.204. The van der Waals surface area contributed by atoms with E-state index in [2.05, 4.69) is 4.74 Å². The highest BCUT2D eigenvalue weighted by Gasteiger charge is 2.85. The van der Waals surface area contributed by atoms with Gasteiger partial charge < -0.3 is 4.74 Å². The molecule has 0 aliphatic heterocycles. The highest BCUT2D eigenvalue weighted by atomic mass is 127. The fourth-order valence-corrected chi connectivity index (χ4v) is 1.12. The molecule has 0 bridgehead atoms. The molecule has 0 saturated heterocycles. The van der Waals surface area contributed by atoms with Crippen LogP contribution in [0, 0.1) is 0 Å². The van der Waals surface area contributed by atoms with Gasteiger partial charge in [0.05, 0.1) is 6.61 Å². The van der Waals surface area contributed by atoms with E-state index in [0.29, 0.717) is 0 Å². The third kappa shape index (κ3) is 4.19. The van der Waals surface area contributed by atoms with Gasteiger partial charge >= 0.3 is 39.9 Å². The standard InChI is InChI=1S/C9H5F12IO3/c1-2-24-3(23)4(10,11)5(12,13)6(14,15)8(18,19)25-9(20,21)7(16,17)22/h2H2,1H3. The Morgan fingerprint density at radius 2 is 1.20 bits per heavy atom. The Labute approximate surface area is 143 Å². The second-order valence-electron chi connectivity index (χ2n) is 4.08. The van der Waals surface area contributed by atoms with Crippen molar-refractivity contribution in [1.82, 2.24) is 0 Å². The van der Waals surface area contributed by atoms with Gasteiger partial charge in [0.2, 0.25) is 0 Å². The molecule has 16 heteroatoms. The van der Waals surface area contributed by atoms with Gasteiger partial charge in [-0.25, -0.2) is 9.53 Å². The van der Waals surface area contributed by atoms with Crippen molar-refractivity contribution < 1.29 is 67.0 Å². The van der Waals surface area contributed by atoms with Crippen molar-refractivity contribution in [2.24, 2.45) is 0 Å². The van der Waals surface area contributed by atoms with Crippen LogP contribution in [-0.2, 0) is 14.3 Å². The van der Waals surface area contributed by atoms with Crippen molar-refractivity contribution in [3.8, 4) is 0 Å². The summed E-state index contributed by atoms with van der Waals surface area (Å²) in [6.07, 6.45) is -13.7. The predicted molar refractivity (Wildman–Crippen MR) is 61.4 cm³/mol. The minimum atomic E-state index is -7.53. The van der Waals surface area contributed by atoms with Crippen molar-refractivity contribution in [2.75, 3.05) is 6.61 Å². The van der Waals surface area contributed by atoms with Gasteiger partial charge in [-0.15, -0.1) is 0 Å². The van der Waals surface area contributed by atoms with Crippen LogP contribution in [0.1, 0.15) is 6.92 Å². The molecule has 0 aromatic carbocycles. The van der Waals surface area contributed by atoms with Crippen LogP contribution in [-0.4, -0.2) is 46.5 Å². The van der Waals surface area contributed by atoms with E-state index in [-0.39, 0.29) is 0 Å². The van der Waals surface area contributed by atoms with Gasteiger partial charge in [0.1, 0.15) is 0 Å². The number of carbonyl (C=O) groups excluding carboxylic acids is 1.